The Hall–Kier alpha value is -3.32. The van der Waals surface area contributed by atoms with Gasteiger partial charge in [-0.3, -0.25) is 15.2 Å². The zero-order valence-electron chi connectivity index (χ0n) is 15.2. The number of carbonyl (C=O) groups excluding carboxylic acids is 1. The maximum atomic E-state index is 12.8. The minimum Gasteiger partial charge on any atom is -0.267 e. The molecule has 0 aliphatic carbocycles. The van der Waals surface area contributed by atoms with E-state index in [0.717, 1.165) is 5.69 Å². The number of nitriles is 1. The first-order valence-corrected chi connectivity index (χ1v) is 9.23. The number of hydrazine groups is 1. The molecule has 2 aromatic heterocycles. The molecule has 28 heavy (non-hydrogen) atoms. The van der Waals surface area contributed by atoms with E-state index < -0.39 is 0 Å². The first kappa shape index (κ1) is 19.4. The largest absolute Gasteiger partial charge is 0.269 e. The molecule has 10 heteroatoms. The van der Waals surface area contributed by atoms with Gasteiger partial charge < -0.3 is 0 Å². The van der Waals surface area contributed by atoms with Crippen molar-refractivity contribution < 1.29 is 4.79 Å². The predicted octanol–water partition coefficient (Wildman–Crippen LogP) is 2.50. The number of nitrogens with one attached hydrogen (secondary N) is 1. The number of carbonyl (C=O) groups is 1. The molecule has 0 aliphatic rings. The highest BCUT2D eigenvalue weighted by Gasteiger charge is 2.18. The fourth-order valence-corrected chi connectivity index (χ4v) is 2.85. The van der Waals surface area contributed by atoms with Gasteiger partial charge in [-0.1, -0.05) is 13.8 Å². The predicted molar refractivity (Wildman–Crippen MR) is 105 cm³/mol. The van der Waals surface area contributed by atoms with Crippen LogP contribution in [0.4, 0.5) is 5.82 Å². The van der Waals surface area contributed by atoms with E-state index in [0.29, 0.717) is 22.4 Å². The van der Waals surface area contributed by atoms with Crippen molar-refractivity contribution in [3.63, 3.8) is 0 Å². The molecule has 0 atom stereocenters. The van der Waals surface area contributed by atoms with Gasteiger partial charge in [0.1, 0.15) is 18.7 Å². The average Bonchev–Trinajstić information content (AvgIpc) is 3.22. The van der Waals surface area contributed by atoms with Gasteiger partial charge in [-0.2, -0.15) is 15.3 Å². The number of nitrogens with zero attached hydrogens (tertiary/aromatic N) is 7. The Kier molecular flexibility index (Phi) is 5.96. The van der Waals surface area contributed by atoms with Crippen molar-refractivity contribution in [3.05, 3.63) is 59.0 Å². The van der Waals surface area contributed by atoms with Gasteiger partial charge in [-0.25, -0.2) is 14.6 Å². The van der Waals surface area contributed by atoms with Crippen LogP contribution in [-0.2, 0) is 0 Å². The zero-order chi connectivity index (χ0) is 20.1. The van der Waals surface area contributed by atoms with Crippen LogP contribution in [0, 0.1) is 17.2 Å². The lowest BCUT2D eigenvalue weighted by atomic mass is 10.2. The van der Waals surface area contributed by atoms with Crippen molar-refractivity contribution in [1.82, 2.24) is 30.2 Å². The molecular weight excluding hydrogens is 424 g/mol. The van der Waals surface area contributed by atoms with Crippen molar-refractivity contribution in [2.75, 3.05) is 11.6 Å². The molecule has 0 aliphatic heterocycles. The number of halogens is 1. The molecule has 0 spiro atoms. The Labute approximate surface area is 170 Å². The normalized spacial score (nSPS) is 10.5. The second-order valence-electron chi connectivity index (χ2n) is 6.31. The number of hydrogen-bond acceptors (Lipinski definition) is 7. The third kappa shape index (κ3) is 4.50. The summed E-state index contributed by atoms with van der Waals surface area (Å²) >= 11 is 3.38. The van der Waals surface area contributed by atoms with E-state index in [4.69, 9.17) is 5.26 Å². The van der Waals surface area contributed by atoms with Crippen LogP contribution in [-0.4, -0.2) is 37.2 Å². The second-order valence-corrected chi connectivity index (χ2v) is 7.16. The fraction of sp³-hybridized carbons (Fsp3) is 0.222. The summed E-state index contributed by atoms with van der Waals surface area (Å²) in [6.07, 6.45) is 4.52. The van der Waals surface area contributed by atoms with E-state index in [1.54, 1.807) is 40.3 Å². The highest BCUT2D eigenvalue weighted by Crippen LogP contribution is 2.23. The number of aromatic nitrogens is 5. The topological polar surface area (TPSA) is 113 Å². The van der Waals surface area contributed by atoms with Gasteiger partial charge in [0.25, 0.3) is 5.91 Å². The SMILES string of the molecule is CC(C)CN(NC(=O)c1ccc(-n2cncn2)cc1)c1nc(C#N)ncc1Br. The molecular formula is C18H17BrN8O. The monoisotopic (exact) mass is 440 g/mol. The third-order valence-electron chi connectivity index (χ3n) is 3.68. The van der Waals surface area contributed by atoms with Crippen LogP contribution in [0.3, 0.4) is 0 Å². The molecule has 0 fully saturated rings. The molecule has 2 heterocycles. The molecule has 1 aromatic carbocycles. The average molecular weight is 441 g/mol. The second kappa shape index (κ2) is 8.58. The summed E-state index contributed by atoms with van der Waals surface area (Å²) in [6.45, 7) is 4.54. The minimum absolute atomic E-state index is 0.0263. The van der Waals surface area contributed by atoms with Crippen LogP contribution in [0.15, 0.2) is 47.6 Å². The van der Waals surface area contributed by atoms with E-state index in [-0.39, 0.29) is 17.6 Å². The van der Waals surface area contributed by atoms with E-state index in [1.165, 1.54) is 12.5 Å². The molecule has 3 aromatic rings. The zero-order valence-corrected chi connectivity index (χ0v) is 16.8. The van der Waals surface area contributed by atoms with Gasteiger partial charge in [0, 0.05) is 18.3 Å². The molecule has 0 radical (unpaired) electrons. The van der Waals surface area contributed by atoms with E-state index >= 15 is 0 Å². The molecule has 0 unspecified atom stereocenters. The Morgan fingerprint density at radius 2 is 2.11 bits per heavy atom. The summed E-state index contributed by atoms with van der Waals surface area (Å²) in [5.74, 6) is 0.392. The molecule has 0 bridgehead atoms. The summed E-state index contributed by atoms with van der Waals surface area (Å²) in [5.41, 5.74) is 4.13. The molecule has 1 N–H and O–H groups in total. The number of anilines is 1. The summed E-state index contributed by atoms with van der Waals surface area (Å²) in [5, 5.41) is 14.7. The smallest absolute Gasteiger partial charge is 0.267 e. The standard InChI is InChI=1S/C18H17BrN8O/c1-12(2)9-26(17-15(19)8-22-16(7-20)24-17)25-18(28)13-3-5-14(6-4-13)27-11-21-10-23-27/h3-6,8,10-12H,9H2,1-2H3,(H,25,28). The molecule has 9 nitrogen and oxygen atoms in total. The van der Waals surface area contributed by atoms with Crippen molar-refractivity contribution in [3.8, 4) is 11.8 Å². The number of rotatable bonds is 6. The first-order chi connectivity index (χ1) is 13.5. The van der Waals surface area contributed by atoms with Crippen LogP contribution in [0.1, 0.15) is 30.0 Å². The van der Waals surface area contributed by atoms with Gasteiger partial charge in [0.05, 0.1) is 10.2 Å². The molecule has 0 saturated heterocycles. The van der Waals surface area contributed by atoms with Crippen molar-refractivity contribution in [2.45, 2.75) is 13.8 Å². The maximum Gasteiger partial charge on any atom is 0.269 e. The summed E-state index contributed by atoms with van der Waals surface area (Å²) in [4.78, 5) is 24.8. The van der Waals surface area contributed by atoms with Gasteiger partial charge in [0.2, 0.25) is 5.82 Å². The molecule has 1 amide bonds. The van der Waals surface area contributed by atoms with Gasteiger partial charge in [-0.15, -0.1) is 0 Å². The van der Waals surface area contributed by atoms with Gasteiger partial charge >= 0.3 is 0 Å². The summed E-state index contributed by atoms with van der Waals surface area (Å²) in [7, 11) is 0. The molecule has 0 saturated carbocycles. The molecule has 142 valence electrons. The lowest BCUT2D eigenvalue weighted by Gasteiger charge is -2.26. The minimum atomic E-state index is -0.296. The Balaban J connectivity index is 1.83. The van der Waals surface area contributed by atoms with Crippen LogP contribution < -0.4 is 10.4 Å². The quantitative estimate of drug-likeness (QED) is 0.585. The summed E-state index contributed by atoms with van der Waals surface area (Å²) in [6, 6.07) is 8.88. The van der Waals surface area contributed by atoms with E-state index in [1.807, 2.05) is 19.9 Å². The van der Waals surface area contributed by atoms with Crippen LogP contribution in [0.25, 0.3) is 5.69 Å². The Bertz CT molecular complexity index is 995. The van der Waals surface area contributed by atoms with Gasteiger partial charge in [-0.05, 0) is 46.1 Å². The summed E-state index contributed by atoms with van der Waals surface area (Å²) < 4.78 is 2.18. The number of benzene rings is 1. The van der Waals surface area contributed by atoms with Gasteiger partial charge in [0.15, 0.2) is 5.82 Å². The van der Waals surface area contributed by atoms with E-state index in [2.05, 4.69) is 41.4 Å². The lowest BCUT2D eigenvalue weighted by molar-refractivity contribution is 0.0947. The lowest BCUT2D eigenvalue weighted by Crippen LogP contribution is -2.45. The highest BCUT2D eigenvalue weighted by atomic mass is 79.9. The van der Waals surface area contributed by atoms with Crippen LogP contribution in [0.2, 0.25) is 0 Å². The fourth-order valence-electron chi connectivity index (χ4n) is 2.45. The first-order valence-electron chi connectivity index (χ1n) is 8.44. The third-order valence-corrected chi connectivity index (χ3v) is 4.24. The van der Waals surface area contributed by atoms with Crippen molar-refractivity contribution in [2.24, 2.45) is 5.92 Å². The Morgan fingerprint density at radius 1 is 1.36 bits per heavy atom. The highest BCUT2D eigenvalue weighted by molar-refractivity contribution is 9.10. The number of amides is 1. The Morgan fingerprint density at radius 3 is 2.71 bits per heavy atom. The van der Waals surface area contributed by atoms with Crippen LogP contribution >= 0.6 is 15.9 Å². The molecule has 3 rings (SSSR count). The van der Waals surface area contributed by atoms with Crippen molar-refractivity contribution >= 4 is 27.7 Å². The van der Waals surface area contributed by atoms with Crippen LogP contribution in [0.5, 0.6) is 0 Å². The van der Waals surface area contributed by atoms with E-state index in [9.17, 15) is 4.79 Å². The maximum absolute atomic E-state index is 12.8. The van der Waals surface area contributed by atoms with Crippen molar-refractivity contribution in [1.29, 1.82) is 5.26 Å². The number of hydrogen-bond donors (Lipinski definition) is 1.